The van der Waals surface area contributed by atoms with Crippen molar-refractivity contribution in [2.75, 3.05) is 4.72 Å². The van der Waals surface area contributed by atoms with Crippen LogP contribution in [-0.2, 0) is 30.1 Å². The summed E-state index contributed by atoms with van der Waals surface area (Å²) in [6.45, 7) is 1.77. The van der Waals surface area contributed by atoms with Crippen molar-refractivity contribution in [3.63, 3.8) is 0 Å². The van der Waals surface area contributed by atoms with E-state index in [0.29, 0.717) is 5.56 Å². The Morgan fingerprint density at radius 3 is 2.60 bits per heavy atom. The van der Waals surface area contributed by atoms with Crippen LogP contribution in [0.15, 0.2) is 35.4 Å². The number of aliphatic hydroxyl groups excluding tert-OH is 1. The predicted octanol–water partition coefficient (Wildman–Crippen LogP) is 1.28. The number of aryl methyl sites for hydroxylation is 2. The Bertz CT molecular complexity index is 707. The van der Waals surface area contributed by atoms with E-state index in [1.165, 1.54) is 16.8 Å². The van der Waals surface area contributed by atoms with Crippen LogP contribution in [0.1, 0.15) is 18.1 Å². The highest BCUT2D eigenvalue weighted by atomic mass is 32.2. The van der Waals surface area contributed by atoms with Gasteiger partial charge in [-0.15, -0.1) is 0 Å². The number of rotatable bonds is 5. The Balaban J connectivity index is 2.34. The molecule has 0 bridgehead atoms. The van der Waals surface area contributed by atoms with Crippen molar-refractivity contribution in [1.29, 1.82) is 0 Å². The fraction of sp³-hybridized carbons (Fsp3) is 0.308. The summed E-state index contributed by atoms with van der Waals surface area (Å²) < 4.78 is 28.4. The van der Waals surface area contributed by atoms with Gasteiger partial charge in [0.05, 0.1) is 11.5 Å². The third-order valence-electron chi connectivity index (χ3n) is 2.99. The molecule has 0 radical (unpaired) electrons. The third-order valence-corrected chi connectivity index (χ3v) is 4.34. The maximum atomic E-state index is 12.2. The van der Waals surface area contributed by atoms with Crippen LogP contribution in [0.5, 0.6) is 0 Å². The lowest BCUT2D eigenvalue weighted by Gasteiger charge is -2.10. The van der Waals surface area contributed by atoms with Crippen LogP contribution < -0.4 is 4.72 Å². The molecule has 0 aliphatic rings. The summed E-state index contributed by atoms with van der Waals surface area (Å²) in [5.74, 6) is 0.262. The fourth-order valence-electron chi connectivity index (χ4n) is 1.93. The molecule has 7 heteroatoms. The van der Waals surface area contributed by atoms with Crippen LogP contribution in [0, 0.1) is 0 Å². The second kappa shape index (κ2) is 5.64. The summed E-state index contributed by atoms with van der Waals surface area (Å²) in [5.41, 5.74) is 1.56. The summed E-state index contributed by atoms with van der Waals surface area (Å²) in [6, 6.07) is 6.32. The van der Waals surface area contributed by atoms with Gasteiger partial charge in [-0.1, -0.05) is 13.0 Å². The molecular formula is C13H17N3O3S. The van der Waals surface area contributed by atoms with Gasteiger partial charge in [-0.2, -0.15) is 5.10 Å². The Morgan fingerprint density at radius 1 is 1.30 bits per heavy atom. The van der Waals surface area contributed by atoms with E-state index in [0.717, 1.165) is 12.0 Å². The molecule has 2 N–H and O–H groups in total. The smallest absolute Gasteiger partial charge is 0.263 e. The molecule has 1 aromatic carbocycles. The molecule has 6 nitrogen and oxygen atoms in total. The topological polar surface area (TPSA) is 84.2 Å². The van der Waals surface area contributed by atoms with Crippen LogP contribution in [-0.4, -0.2) is 23.3 Å². The van der Waals surface area contributed by atoms with Crippen LogP contribution in [0.25, 0.3) is 0 Å². The lowest BCUT2D eigenvalue weighted by atomic mass is 10.1. The highest BCUT2D eigenvalue weighted by Gasteiger charge is 2.16. The molecule has 0 saturated heterocycles. The number of nitrogens with one attached hydrogen (secondary N) is 1. The molecule has 0 saturated carbocycles. The van der Waals surface area contributed by atoms with Crippen LogP contribution >= 0.6 is 0 Å². The summed E-state index contributed by atoms with van der Waals surface area (Å²) in [6.07, 6.45) is 2.39. The molecule has 0 amide bonds. The van der Waals surface area contributed by atoms with Crippen molar-refractivity contribution in [3.05, 3.63) is 41.6 Å². The molecule has 0 aliphatic carbocycles. The summed E-state index contributed by atoms with van der Waals surface area (Å²) in [7, 11) is -1.99. The minimum absolute atomic E-state index is 0.115. The molecule has 0 spiro atoms. The number of benzene rings is 1. The van der Waals surface area contributed by atoms with Gasteiger partial charge < -0.3 is 5.11 Å². The summed E-state index contributed by atoms with van der Waals surface area (Å²) >= 11 is 0. The first kappa shape index (κ1) is 14.5. The molecule has 1 heterocycles. The van der Waals surface area contributed by atoms with Gasteiger partial charge in [0.25, 0.3) is 10.0 Å². The number of anilines is 1. The number of nitrogens with zero attached hydrogens (tertiary/aromatic N) is 2. The maximum absolute atomic E-state index is 12.2. The molecule has 108 valence electrons. The number of sulfonamides is 1. The number of hydrogen-bond donors (Lipinski definition) is 2. The maximum Gasteiger partial charge on any atom is 0.263 e. The Hall–Kier alpha value is -1.86. The van der Waals surface area contributed by atoms with Gasteiger partial charge in [-0.3, -0.25) is 9.40 Å². The van der Waals surface area contributed by atoms with Gasteiger partial charge in [0.2, 0.25) is 0 Å². The fourth-order valence-corrected chi connectivity index (χ4v) is 2.97. The van der Waals surface area contributed by atoms with E-state index in [4.69, 9.17) is 0 Å². The minimum Gasteiger partial charge on any atom is -0.392 e. The highest BCUT2D eigenvalue weighted by Crippen LogP contribution is 2.19. The quantitative estimate of drug-likeness (QED) is 0.870. The average molecular weight is 295 g/mol. The standard InChI is InChI=1S/C13H17N3O3S/c1-3-10-4-5-12(8-11(10)9-17)20(18,19)15-13-6-7-16(2)14-13/h4-8,17H,3,9H2,1-2H3,(H,14,15). The molecule has 2 rings (SSSR count). The Morgan fingerprint density at radius 2 is 2.05 bits per heavy atom. The van der Waals surface area contributed by atoms with E-state index in [-0.39, 0.29) is 17.3 Å². The van der Waals surface area contributed by atoms with Crippen LogP contribution in [0.3, 0.4) is 0 Å². The van der Waals surface area contributed by atoms with Gasteiger partial charge in [-0.25, -0.2) is 8.42 Å². The van der Waals surface area contributed by atoms with E-state index in [1.54, 1.807) is 25.4 Å². The van der Waals surface area contributed by atoms with Crippen molar-refractivity contribution in [2.24, 2.45) is 7.05 Å². The van der Waals surface area contributed by atoms with E-state index in [9.17, 15) is 13.5 Å². The molecule has 0 atom stereocenters. The van der Waals surface area contributed by atoms with Gasteiger partial charge in [-0.05, 0) is 29.7 Å². The lowest BCUT2D eigenvalue weighted by molar-refractivity contribution is 0.280. The summed E-state index contributed by atoms with van der Waals surface area (Å²) in [4.78, 5) is 0.115. The lowest BCUT2D eigenvalue weighted by Crippen LogP contribution is -2.14. The van der Waals surface area contributed by atoms with Gasteiger partial charge in [0.15, 0.2) is 5.82 Å². The van der Waals surface area contributed by atoms with E-state index in [2.05, 4.69) is 9.82 Å². The van der Waals surface area contributed by atoms with E-state index >= 15 is 0 Å². The predicted molar refractivity (Wildman–Crippen MR) is 75.8 cm³/mol. The normalized spacial score (nSPS) is 11.6. The zero-order valence-electron chi connectivity index (χ0n) is 11.4. The molecule has 2 aromatic rings. The van der Waals surface area contributed by atoms with Crippen molar-refractivity contribution >= 4 is 15.8 Å². The molecule has 0 fully saturated rings. The highest BCUT2D eigenvalue weighted by molar-refractivity contribution is 7.92. The van der Waals surface area contributed by atoms with Crippen molar-refractivity contribution < 1.29 is 13.5 Å². The molecule has 0 aliphatic heterocycles. The average Bonchev–Trinajstić information content (AvgIpc) is 2.82. The minimum atomic E-state index is -3.69. The summed E-state index contributed by atoms with van der Waals surface area (Å²) in [5, 5.41) is 13.3. The second-order valence-corrected chi connectivity index (χ2v) is 6.10. The van der Waals surface area contributed by atoms with Gasteiger partial charge in [0, 0.05) is 19.3 Å². The number of aliphatic hydroxyl groups is 1. The molecular weight excluding hydrogens is 278 g/mol. The monoisotopic (exact) mass is 295 g/mol. The number of hydrogen-bond acceptors (Lipinski definition) is 4. The third kappa shape index (κ3) is 3.00. The SMILES string of the molecule is CCc1ccc(S(=O)(=O)Nc2ccn(C)n2)cc1CO. The largest absolute Gasteiger partial charge is 0.392 e. The first-order valence-electron chi connectivity index (χ1n) is 6.21. The zero-order chi connectivity index (χ0) is 14.8. The van der Waals surface area contributed by atoms with E-state index in [1.807, 2.05) is 6.92 Å². The van der Waals surface area contributed by atoms with Crippen molar-refractivity contribution in [3.8, 4) is 0 Å². The van der Waals surface area contributed by atoms with Crippen molar-refractivity contribution in [1.82, 2.24) is 9.78 Å². The first-order valence-corrected chi connectivity index (χ1v) is 7.69. The Labute approximate surface area is 118 Å². The van der Waals surface area contributed by atoms with Crippen LogP contribution in [0.2, 0.25) is 0 Å². The number of aromatic nitrogens is 2. The van der Waals surface area contributed by atoms with Crippen molar-refractivity contribution in [2.45, 2.75) is 24.8 Å². The zero-order valence-corrected chi connectivity index (χ0v) is 12.2. The first-order chi connectivity index (χ1) is 9.46. The second-order valence-electron chi connectivity index (χ2n) is 4.42. The van der Waals surface area contributed by atoms with Gasteiger partial charge in [0.1, 0.15) is 0 Å². The van der Waals surface area contributed by atoms with Crippen LogP contribution in [0.4, 0.5) is 5.82 Å². The van der Waals surface area contributed by atoms with Gasteiger partial charge >= 0.3 is 0 Å². The Kier molecular flexibility index (Phi) is 4.10. The molecule has 0 unspecified atom stereocenters. The molecule has 20 heavy (non-hydrogen) atoms. The van der Waals surface area contributed by atoms with E-state index < -0.39 is 10.0 Å². The molecule has 1 aromatic heterocycles.